The van der Waals surface area contributed by atoms with Crippen LogP contribution >= 0.6 is 0 Å². The maximum Gasteiger partial charge on any atom is 0.175 e. The summed E-state index contributed by atoms with van der Waals surface area (Å²) in [4.78, 5) is 17.4. The third-order valence-corrected chi connectivity index (χ3v) is 4.39. The third kappa shape index (κ3) is 2.61. The van der Waals surface area contributed by atoms with Crippen molar-refractivity contribution in [1.29, 1.82) is 0 Å². The number of nitrogens with one attached hydrogen (secondary N) is 1. The highest BCUT2D eigenvalue weighted by Crippen LogP contribution is 2.36. The minimum absolute atomic E-state index is 0.197. The van der Waals surface area contributed by atoms with Crippen LogP contribution < -0.4 is 5.32 Å². The molecule has 3 heteroatoms. The zero-order valence-corrected chi connectivity index (χ0v) is 12.3. The van der Waals surface area contributed by atoms with Gasteiger partial charge in [0.25, 0.3) is 0 Å². The smallest absolute Gasteiger partial charge is 0.175 e. The number of aromatic nitrogens is 1. The molecule has 2 aromatic rings. The molecular weight excluding hydrogens is 260 g/mol. The summed E-state index contributed by atoms with van der Waals surface area (Å²) in [5, 5.41) is 3.36. The molecule has 0 saturated carbocycles. The summed E-state index contributed by atoms with van der Waals surface area (Å²) in [5.41, 5.74) is 2.36. The molecule has 0 radical (unpaired) electrons. The molecule has 1 aromatic carbocycles. The molecule has 2 heterocycles. The second-order valence-electron chi connectivity index (χ2n) is 5.72. The van der Waals surface area contributed by atoms with Crippen LogP contribution in [0.1, 0.15) is 34.5 Å². The zero-order chi connectivity index (χ0) is 14.7. The molecule has 3 rings (SSSR count). The Morgan fingerprint density at radius 2 is 1.81 bits per heavy atom. The number of ketones is 1. The molecule has 0 unspecified atom stereocenters. The van der Waals surface area contributed by atoms with E-state index < -0.39 is 5.41 Å². The summed E-state index contributed by atoms with van der Waals surface area (Å²) in [7, 11) is 0. The fourth-order valence-corrected chi connectivity index (χ4v) is 3.14. The first-order valence-corrected chi connectivity index (χ1v) is 7.46. The van der Waals surface area contributed by atoms with Crippen molar-refractivity contribution in [2.24, 2.45) is 0 Å². The van der Waals surface area contributed by atoms with Crippen molar-refractivity contribution in [3.05, 3.63) is 65.5 Å². The number of Topliss-reactive ketones (excluding diaryl/α,β-unsaturated/α-hetero) is 1. The number of rotatable bonds is 3. The first-order valence-electron chi connectivity index (χ1n) is 7.46. The van der Waals surface area contributed by atoms with Gasteiger partial charge in [0, 0.05) is 17.5 Å². The fraction of sp³-hybridized carbons (Fsp3) is 0.333. The lowest BCUT2D eigenvalue weighted by atomic mass is 9.68. The molecule has 21 heavy (non-hydrogen) atoms. The quantitative estimate of drug-likeness (QED) is 0.879. The van der Waals surface area contributed by atoms with E-state index in [1.807, 2.05) is 37.3 Å². The molecule has 0 aliphatic carbocycles. The van der Waals surface area contributed by atoms with E-state index in [1.165, 1.54) is 0 Å². The molecule has 3 nitrogen and oxygen atoms in total. The Bertz CT molecular complexity index is 613. The van der Waals surface area contributed by atoms with Crippen LogP contribution in [0.4, 0.5) is 0 Å². The van der Waals surface area contributed by atoms with Crippen molar-refractivity contribution in [1.82, 2.24) is 10.3 Å². The summed E-state index contributed by atoms with van der Waals surface area (Å²) in [6.45, 7) is 3.69. The van der Waals surface area contributed by atoms with Gasteiger partial charge in [-0.05, 0) is 50.6 Å². The maximum absolute atomic E-state index is 13.2. The second kappa shape index (κ2) is 5.78. The molecule has 1 N–H and O–H groups in total. The molecule has 0 bridgehead atoms. The number of carbonyl (C=O) groups is 1. The van der Waals surface area contributed by atoms with E-state index in [1.54, 1.807) is 6.20 Å². The van der Waals surface area contributed by atoms with E-state index in [4.69, 9.17) is 0 Å². The van der Waals surface area contributed by atoms with Crippen LogP contribution in [0.2, 0.25) is 0 Å². The maximum atomic E-state index is 13.2. The van der Waals surface area contributed by atoms with Gasteiger partial charge >= 0.3 is 0 Å². The molecule has 1 saturated heterocycles. The molecule has 1 aliphatic heterocycles. The average molecular weight is 280 g/mol. The van der Waals surface area contributed by atoms with E-state index in [2.05, 4.69) is 22.4 Å². The Labute approximate surface area is 125 Å². The first-order chi connectivity index (χ1) is 10.2. The summed E-state index contributed by atoms with van der Waals surface area (Å²) < 4.78 is 0. The van der Waals surface area contributed by atoms with E-state index >= 15 is 0 Å². The van der Waals surface area contributed by atoms with Crippen LogP contribution in [0, 0.1) is 6.92 Å². The number of hydrogen-bond donors (Lipinski definition) is 1. The number of hydrogen-bond acceptors (Lipinski definition) is 3. The van der Waals surface area contributed by atoms with Gasteiger partial charge in [0.2, 0.25) is 0 Å². The molecule has 1 aliphatic rings. The van der Waals surface area contributed by atoms with E-state index in [-0.39, 0.29) is 5.78 Å². The van der Waals surface area contributed by atoms with Gasteiger partial charge < -0.3 is 5.32 Å². The lowest BCUT2D eigenvalue weighted by Crippen LogP contribution is -2.45. The van der Waals surface area contributed by atoms with Crippen LogP contribution in [-0.2, 0) is 5.41 Å². The minimum atomic E-state index is -0.413. The van der Waals surface area contributed by atoms with Gasteiger partial charge in [-0.1, -0.05) is 30.3 Å². The fourth-order valence-electron chi connectivity index (χ4n) is 3.14. The van der Waals surface area contributed by atoms with E-state index in [0.717, 1.165) is 37.2 Å². The predicted octanol–water partition coefficient (Wildman–Crippen LogP) is 2.89. The van der Waals surface area contributed by atoms with Crippen LogP contribution in [0.3, 0.4) is 0 Å². The topological polar surface area (TPSA) is 42.0 Å². The number of pyridine rings is 1. The van der Waals surface area contributed by atoms with Gasteiger partial charge in [0.1, 0.15) is 0 Å². The van der Waals surface area contributed by atoms with Crippen molar-refractivity contribution in [3.8, 4) is 0 Å². The molecular formula is C18H20N2O. The molecule has 0 spiro atoms. The number of aryl methyl sites for hydroxylation is 1. The predicted molar refractivity (Wildman–Crippen MR) is 83.5 cm³/mol. The van der Waals surface area contributed by atoms with Gasteiger partial charge in [-0.15, -0.1) is 0 Å². The molecule has 108 valence electrons. The molecule has 0 atom stereocenters. The van der Waals surface area contributed by atoms with Crippen molar-refractivity contribution in [2.45, 2.75) is 25.2 Å². The first kappa shape index (κ1) is 14.0. The Morgan fingerprint density at radius 3 is 2.43 bits per heavy atom. The number of benzene rings is 1. The molecule has 1 fully saturated rings. The van der Waals surface area contributed by atoms with E-state index in [0.29, 0.717) is 5.56 Å². The van der Waals surface area contributed by atoms with Crippen LogP contribution in [0.25, 0.3) is 0 Å². The minimum Gasteiger partial charge on any atom is -0.317 e. The van der Waals surface area contributed by atoms with Crippen molar-refractivity contribution < 1.29 is 4.79 Å². The van der Waals surface area contributed by atoms with Crippen molar-refractivity contribution in [2.75, 3.05) is 13.1 Å². The largest absolute Gasteiger partial charge is 0.317 e. The Hall–Kier alpha value is -2.00. The second-order valence-corrected chi connectivity index (χ2v) is 5.72. The highest BCUT2D eigenvalue weighted by Gasteiger charge is 2.41. The summed E-state index contributed by atoms with van der Waals surface area (Å²) in [6.07, 6.45) is 3.39. The zero-order valence-electron chi connectivity index (χ0n) is 12.3. The lowest BCUT2D eigenvalue weighted by molar-refractivity contribution is 0.0847. The normalized spacial score (nSPS) is 17.4. The number of carbonyl (C=O) groups excluding carboxylic acids is 1. The Kier molecular flexibility index (Phi) is 3.84. The summed E-state index contributed by atoms with van der Waals surface area (Å²) in [5.74, 6) is 0.197. The SMILES string of the molecule is Cc1ccc(C(=O)C2(c3ccccc3)CCNCC2)cn1. The van der Waals surface area contributed by atoms with Crippen molar-refractivity contribution in [3.63, 3.8) is 0 Å². The van der Waals surface area contributed by atoms with Crippen molar-refractivity contribution >= 4 is 5.78 Å². The number of nitrogens with zero attached hydrogens (tertiary/aromatic N) is 1. The highest BCUT2D eigenvalue weighted by atomic mass is 16.1. The third-order valence-electron chi connectivity index (χ3n) is 4.39. The van der Waals surface area contributed by atoms with Gasteiger partial charge in [-0.2, -0.15) is 0 Å². The lowest BCUT2D eigenvalue weighted by Gasteiger charge is -2.36. The summed E-state index contributed by atoms with van der Waals surface area (Å²) in [6, 6.07) is 14.0. The monoisotopic (exact) mass is 280 g/mol. The van der Waals surface area contributed by atoms with E-state index in [9.17, 15) is 4.79 Å². The van der Waals surface area contributed by atoms with Gasteiger partial charge in [-0.3, -0.25) is 9.78 Å². The Balaban J connectivity index is 2.03. The van der Waals surface area contributed by atoms with Crippen LogP contribution in [0.15, 0.2) is 48.7 Å². The number of piperidine rings is 1. The highest BCUT2D eigenvalue weighted by molar-refractivity contribution is 6.04. The van der Waals surface area contributed by atoms with Gasteiger partial charge in [-0.25, -0.2) is 0 Å². The van der Waals surface area contributed by atoms with Gasteiger partial charge in [0.05, 0.1) is 5.41 Å². The van der Waals surface area contributed by atoms with Gasteiger partial charge in [0.15, 0.2) is 5.78 Å². The summed E-state index contributed by atoms with van der Waals surface area (Å²) >= 11 is 0. The molecule has 0 amide bonds. The standard InChI is InChI=1S/C18H20N2O/c1-14-7-8-15(13-20-14)17(21)18(9-11-19-12-10-18)16-5-3-2-4-6-16/h2-8,13,19H,9-12H2,1H3. The Morgan fingerprint density at radius 1 is 1.10 bits per heavy atom. The average Bonchev–Trinajstić information content (AvgIpc) is 2.56. The molecule has 1 aromatic heterocycles. The van der Waals surface area contributed by atoms with Crippen LogP contribution in [-0.4, -0.2) is 23.9 Å². The van der Waals surface area contributed by atoms with Crippen LogP contribution in [0.5, 0.6) is 0 Å².